The lowest BCUT2D eigenvalue weighted by atomic mass is 10.1. The van der Waals surface area contributed by atoms with Crippen molar-refractivity contribution in [3.63, 3.8) is 0 Å². The number of rotatable bonds is 5. The van der Waals surface area contributed by atoms with Gasteiger partial charge in [0.2, 0.25) is 0 Å². The number of benzene rings is 1. The van der Waals surface area contributed by atoms with Crippen LogP contribution >= 0.6 is 0 Å². The molecule has 0 bridgehead atoms. The van der Waals surface area contributed by atoms with E-state index in [9.17, 15) is 13.6 Å². The molecule has 20 heavy (non-hydrogen) atoms. The van der Waals surface area contributed by atoms with Crippen LogP contribution in [-0.4, -0.2) is 18.7 Å². The normalized spacial score (nSPS) is 11.3. The number of halogens is 2. The molecule has 0 saturated heterocycles. The van der Waals surface area contributed by atoms with Crippen molar-refractivity contribution in [1.82, 2.24) is 0 Å². The Morgan fingerprint density at radius 2 is 2.00 bits per heavy atom. The van der Waals surface area contributed by atoms with Gasteiger partial charge in [0.1, 0.15) is 17.4 Å². The summed E-state index contributed by atoms with van der Waals surface area (Å²) in [6, 6.07) is 7.54. The van der Waals surface area contributed by atoms with E-state index in [4.69, 9.17) is 10.00 Å². The maximum absolute atomic E-state index is 12.3. The molecule has 0 amide bonds. The highest BCUT2D eigenvalue weighted by molar-refractivity contribution is 5.98. The smallest absolute Gasteiger partial charge is 0.387 e. The molecule has 0 atom stereocenters. The molecule has 0 unspecified atom stereocenters. The summed E-state index contributed by atoms with van der Waals surface area (Å²) >= 11 is 0. The second-order valence-corrected chi connectivity index (χ2v) is 4.04. The predicted molar refractivity (Wildman–Crippen MR) is 67.9 cm³/mol. The van der Waals surface area contributed by atoms with Crippen molar-refractivity contribution in [3.8, 4) is 11.8 Å². The summed E-state index contributed by atoms with van der Waals surface area (Å²) in [5, 5.41) is 8.94. The van der Waals surface area contributed by atoms with Crippen molar-refractivity contribution in [3.05, 3.63) is 35.4 Å². The zero-order valence-corrected chi connectivity index (χ0v) is 11.0. The molecule has 0 fully saturated rings. The minimum Gasteiger partial charge on any atom is -0.459 e. The number of hydrogen-bond donors (Lipinski definition) is 0. The van der Waals surface area contributed by atoms with E-state index in [-0.39, 0.29) is 23.0 Å². The van der Waals surface area contributed by atoms with Gasteiger partial charge in [0.25, 0.3) is 0 Å². The van der Waals surface area contributed by atoms with Gasteiger partial charge < -0.3 is 9.47 Å². The lowest BCUT2D eigenvalue weighted by Crippen LogP contribution is -2.13. The molecule has 0 saturated carbocycles. The van der Waals surface area contributed by atoms with Gasteiger partial charge in [-0.05, 0) is 26.0 Å². The first kappa shape index (κ1) is 15.6. The highest BCUT2D eigenvalue weighted by Gasteiger charge is 2.14. The molecule has 4 nitrogen and oxygen atoms in total. The van der Waals surface area contributed by atoms with Gasteiger partial charge in [-0.1, -0.05) is 18.2 Å². The fraction of sp³-hybridized carbons (Fsp3) is 0.286. The average molecular weight is 281 g/mol. The largest absolute Gasteiger partial charge is 0.459 e. The lowest BCUT2D eigenvalue weighted by Gasteiger charge is -2.09. The van der Waals surface area contributed by atoms with E-state index in [0.717, 1.165) is 6.08 Å². The maximum Gasteiger partial charge on any atom is 0.387 e. The summed E-state index contributed by atoms with van der Waals surface area (Å²) in [4.78, 5) is 11.6. The molecule has 0 radical (unpaired) electrons. The van der Waals surface area contributed by atoms with E-state index in [1.807, 2.05) is 0 Å². The number of hydrogen-bond acceptors (Lipinski definition) is 4. The third-order valence-corrected chi connectivity index (χ3v) is 2.12. The van der Waals surface area contributed by atoms with Crippen molar-refractivity contribution in [2.45, 2.75) is 26.6 Å². The van der Waals surface area contributed by atoms with Crippen LogP contribution in [0, 0.1) is 11.3 Å². The van der Waals surface area contributed by atoms with Crippen molar-refractivity contribution < 1.29 is 23.0 Å². The molecular weight excluding hydrogens is 268 g/mol. The van der Waals surface area contributed by atoms with Gasteiger partial charge in [0, 0.05) is 5.56 Å². The third kappa shape index (κ3) is 4.69. The summed E-state index contributed by atoms with van der Waals surface area (Å²) in [5.41, 5.74) is -0.0888. The number of ether oxygens (including phenoxy) is 2. The molecule has 0 N–H and O–H groups in total. The summed E-state index contributed by atoms with van der Waals surface area (Å²) < 4.78 is 33.7. The first-order valence-electron chi connectivity index (χ1n) is 5.80. The van der Waals surface area contributed by atoms with E-state index in [0.29, 0.717) is 0 Å². The molecule has 6 heteroatoms. The molecular formula is C14H13F2NO3. The zero-order valence-electron chi connectivity index (χ0n) is 11.0. The number of carbonyl (C=O) groups is 1. The van der Waals surface area contributed by atoms with Gasteiger partial charge in [-0.15, -0.1) is 0 Å². The van der Waals surface area contributed by atoms with Crippen molar-refractivity contribution in [2.75, 3.05) is 0 Å². The number of nitrogens with zero attached hydrogens (tertiary/aromatic N) is 1. The molecule has 1 aromatic rings. The van der Waals surface area contributed by atoms with Gasteiger partial charge in [0.15, 0.2) is 0 Å². The Morgan fingerprint density at radius 3 is 2.55 bits per heavy atom. The molecule has 1 rings (SSSR count). The minimum atomic E-state index is -2.99. The molecule has 0 aromatic heterocycles. The number of carbonyl (C=O) groups excluding carboxylic acids is 1. The van der Waals surface area contributed by atoms with Crippen molar-refractivity contribution >= 4 is 12.0 Å². The van der Waals surface area contributed by atoms with Crippen LogP contribution in [0.15, 0.2) is 29.8 Å². The van der Waals surface area contributed by atoms with Crippen molar-refractivity contribution in [1.29, 1.82) is 5.26 Å². The third-order valence-electron chi connectivity index (χ3n) is 2.12. The van der Waals surface area contributed by atoms with Crippen LogP contribution in [0.25, 0.3) is 6.08 Å². The molecule has 0 aliphatic heterocycles. The Bertz CT molecular complexity index is 548. The van der Waals surface area contributed by atoms with Gasteiger partial charge in [-0.2, -0.15) is 14.0 Å². The van der Waals surface area contributed by atoms with Crippen molar-refractivity contribution in [2.24, 2.45) is 0 Å². The molecule has 0 aliphatic carbocycles. The fourth-order valence-corrected chi connectivity index (χ4v) is 1.37. The average Bonchev–Trinajstić information content (AvgIpc) is 2.36. The number of nitriles is 1. The second-order valence-electron chi connectivity index (χ2n) is 4.04. The number of para-hydroxylation sites is 1. The van der Waals surface area contributed by atoms with Crippen LogP contribution in [0.1, 0.15) is 19.4 Å². The van der Waals surface area contributed by atoms with Gasteiger partial charge in [0.05, 0.1) is 6.10 Å². The van der Waals surface area contributed by atoms with Crippen LogP contribution in [-0.2, 0) is 9.53 Å². The predicted octanol–water partition coefficient (Wildman–Crippen LogP) is 3.15. The Kier molecular flexibility index (Phi) is 5.66. The topological polar surface area (TPSA) is 59.3 Å². The first-order chi connectivity index (χ1) is 9.43. The van der Waals surface area contributed by atoms with Gasteiger partial charge >= 0.3 is 12.6 Å². The second kappa shape index (κ2) is 7.24. The van der Waals surface area contributed by atoms with Crippen LogP contribution in [0.4, 0.5) is 8.78 Å². The highest BCUT2D eigenvalue weighted by atomic mass is 19.3. The quantitative estimate of drug-likeness (QED) is 0.472. The molecule has 0 heterocycles. The Hall–Kier alpha value is -2.42. The fourth-order valence-electron chi connectivity index (χ4n) is 1.37. The summed E-state index contributed by atoms with van der Waals surface area (Å²) in [6.07, 6.45) is 0.773. The highest BCUT2D eigenvalue weighted by Crippen LogP contribution is 2.23. The van der Waals surface area contributed by atoms with Crippen LogP contribution in [0.3, 0.4) is 0 Å². The minimum absolute atomic E-state index is 0.118. The maximum atomic E-state index is 12.3. The van der Waals surface area contributed by atoms with Crippen LogP contribution in [0.2, 0.25) is 0 Å². The van der Waals surface area contributed by atoms with Gasteiger partial charge in [-0.3, -0.25) is 0 Å². The first-order valence-corrected chi connectivity index (χ1v) is 5.80. The molecule has 0 aliphatic rings. The molecule has 106 valence electrons. The Balaban J connectivity index is 3.07. The Morgan fingerprint density at radius 1 is 1.35 bits per heavy atom. The summed E-state index contributed by atoms with van der Waals surface area (Å²) in [5.74, 6) is -0.929. The van der Waals surface area contributed by atoms with Crippen LogP contribution < -0.4 is 4.74 Å². The van der Waals surface area contributed by atoms with Crippen LogP contribution in [0.5, 0.6) is 5.75 Å². The SMILES string of the molecule is CC(C)OC(=O)/C(C#N)=C\c1ccccc1OC(F)F. The molecule has 1 aromatic carbocycles. The van der Waals surface area contributed by atoms with Gasteiger partial charge in [-0.25, -0.2) is 4.79 Å². The van der Waals surface area contributed by atoms with E-state index >= 15 is 0 Å². The number of alkyl halides is 2. The molecule has 0 spiro atoms. The van der Waals surface area contributed by atoms with E-state index in [2.05, 4.69) is 4.74 Å². The number of esters is 1. The standard InChI is InChI=1S/C14H13F2NO3/c1-9(2)19-13(18)11(8-17)7-10-5-3-4-6-12(10)20-14(15)16/h3-7,9,14H,1-2H3/b11-7-. The zero-order chi connectivity index (χ0) is 15.1. The Labute approximate surface area is 115 Å². The van der Waals surface area contributed by atoms with E-state index < -0.39 is 12.6 Å². The summed E-state index contributed by atoms with van der Waals surface area (Å²) in [6.45, 7) is 0.291. The monoisotopic (exact) mass is 281 g/mol. The van der Waals surface area contributed by atoms with E-state index in [1.165, 1.54) is 18.2 Å². The lowest BCUT2D eigenvalue weighted by molar-refractivity contribution is -0.142. The van der Waals surface area contributed by atoms with E-state index in [1.54, 1.807) is 26.0 Å². The summed E-state index contributed by atoms with van der Waals surface area (Å²) in [7, 11) is 0.